The second kappa shape index (κ2) is 5.66. The zero-order valence-electron chi connectivity index (χ0n) is 12.4. The number of hydrazone groups is 1. The number of hydrogen-bond donors (Lipinski definition) is 2. The van der Waals surface area contributed by atoms with E-state index in [-0.39, 0.29) is 0 Å². The number of nitrogens with two attached hydrogens (primary N) is 1. The predicted molar refractivity (Wildman–Crippen MR) is 84.3 cm³/mol. The van der Waals surface area contributed by atoms with E-state index in [4.69, 9.17) is 5.84 Å². The fourth-order valence-electron chi connectivity index (χ4n) is 2.86. The number of hydrogen-bond acceptors (Lipinski definition) is 6. The molecule has 3 heterocycles. The number of aromatic nitrogens is 4. The van der Waals surface area contributed by atoms with Crippen molar-refractivity contribution in [2.45, 2.75) is 25.8 Å². The standard InChI is InChI=1S/C13H19N7O2/c1-18-10-9(11(21)17-13(18)22)20(8-5-15-14)12(16-10)19-6-3-2-4-7-19/h5H,2-4,6-8,14H2,1H3,(H,17,21,22)/b15-5-. The van der Waals surface area contributed by atoms with Gasteiger partial charge in [0.05, 0.1) is 6.54 Å². The highest BCUT2D eigenvalue weighted by Crippen LogP contribution is 2.22. The van der Waals surface area contributed by atoms with Crippen LogP contribution in [0.4, 0.5) is 5.95 Å². The van der Waals surface area contributed by atoms with Crippen LogP contribution in [0.5, 0.6) is 0 Å². The molecule has 3 N–H and O–H groups in total. The molecule has 2 aromatic rings. The maximum Gasteiger partial charge on any atom is 0.329 e. The number of aromatic amines is 1. The maximum atomic E-state index is 12.2. The molecule has 0 aliphatic carbocycles. The summed E-state index contributed by atoms with van der Waals surface area (Å²) in [5.41, 5.74) is -0.179. The van der Waals surface area contributed by atoms with Crippen molar-refractivity contribution in [1.29, 1.82) is 0 Å². The Morgan fingerprint density at radius 3 is 2.73 bits per heavy atom. The summed E-state index contributed by atoms with van der Waals surface area (Å²) in [6.45, 7) is 2.10. The van der Waals surface area contributed by atoms with Crippen molar-refractivity contribution in [3.8, 4) is 0 Å². The molecule has 9 nitrogen and oxygen atoms in total. The van der Waals surface area contributed by atoms with E-state index in [9.17, 15) is 9.59 Å². The lowest BCUT2D eigenvalue weighted by atomic mass is 10.1. The molecule has 3 rings (SSSR count). The summed E-state index contributed by atoms with van der Waals surface area (Å²) < 4.78 is 3.11. The first-order valence-electron chi connectivity index (χ1n) is 7.29. The summed E-state index contributed by atoms with van der Waals surface area (Å²) >= 11 is 0. The first-order chi connectivity index (χ1) is 10.6. The minimum absolute atomic E-state index is 0.333. The van der Waals surface area contributed by atoms with Crippen LogP contribution in [-0.4, -0.2) is 38.4 Å². The number of piperidine rings is 1. The molecule has 9 heteroatoms. The Bertz CT molecular complexity index is 823. The summed E-state index contributed by atoms with van der Waals surface area (Å²) in [4.78, 5) is 33.0. The first-order valence-corrected chi connectivity index (χ1v) is 7.29. The molecule has 0 aromatic carbocycles. The quantitative estimate of drug-likeness (QED) is 0.444. The van der Waals surface area contributed by atoms with Gasteiger partial charge in [0.1, 0.15) is 0 Å². The zero-order valence-corrected chi connectivity index (χ0v) is 12.4. The second-order valence-corrected chi connectivity index (χ2v) is 5.39. The van der Waals surface area contributed by atoms with Crippen LogP contribution in [0.25, 0.3) is 11.2 Å². The number of nitrogens with zero attached hydrogens (tertiary/aromatic N) is 5. The highest BCUT2D eigenvalue weighted by molar-refractivity contribution is 5.76. The van der Waals surface area contributed by atoms with Crippen LogP contribution >= 0.6 is 0 Å². The molecule has 0 atom stereocenters. The van der Waals surface area contributed by atoms with Crippen LogP contribution in [-0.2, 0) is 13.6 Å². The molecule has 0 radical (unpaired) electrons. The largest absolute Gasteiger partial charge is 0.342 e. The van der Waals surface area contributed by atoms with Gasteiger partial charge in [-0.05, 0) is 19.3 Å². The van der Waals surface area contributed by atoms with E-state index in [1.54, 1.807) is 11.6 Å². The Kier molecular flexibility index (Phi) is 3.70. The van der Waals surface area contributed by atoms with Gasteiger partial charge in [-0.15, -0.1) is 0 Å². The van der Waals surface area contributed by atoms with E-state index in [2.05, 4.69) is 20.0 Å². The third-order valence-corrected chi connectivity index (χ3v) is 4.00. The maximum absolute atomic E-state index is 12.2. The topological polar surface area (TPSA) is 114 Å². The molecular weight excluding hydrogens is 286 g/mol. The molecular formula is C13H19N7O2. The number of imidazole rings is 1. The molecule has 2 aromatic heterocycles. The van der Waals surface area contributed by atoms with Crippen molar-refractivity contribution >= 4 is 23.3 Å². The molecule has 0 bridgehead atoms. The van der Waals surface area contributed by atoms with Gasteiger partial charge in [-0.3, -0.25) is 18.9 Å². The van der Waals surface area contributed by atoms with Crippen LogP contribution in [0.2, 0.25) is 0 Å². The molecule has 22 heavy (non-hydrogen) atoms. The van der Waals surface area contributed by atoms with Crippen molar-refractivity contribution in [2.24, 2.45) is 18.0 Å². The number of fused-ring (bicyclic) bond motifs is 1. The number of aryl methyl sites for hydroxylation is 1. The number of nitrogens with one attached hydrogen (secondary N) is 1. The van der Waals surface area contributed by atoms with Crippen LogP contribution in [0.1, 0.15) is 19.3 Å². The van der Waals surface area contributed by atoms with Gasteiger partial charge in [0.15, 0.2) is 11.2 Å². The summed E-state index contributed by atoms with van der Waals surface area (Å²) in [6.07, 6.45) is 4.88. The normalized spacial score (nSPS) is 16.0. The first kappa shape index (κ1) is 14.4. The fraction of sp³-hybridized carbons (Fsp3) is 0.538. The van der Waals surface area contributed by atoms with Gasteiger partial charge in [-0.2, -0.15) is 10.1 Å². The van der Waals surface area contributed by atoms with E-state index in [1.807, 2.05) is 0 Å². The average Bonchev–Trinajstić information content (AvgIpc) is 2.91. The minimum Gasteiger partial charge on any atom is -0.342 e. The lowest BCUT2D eigenvalue weighted by Gasteiger charge is -2.27. The fourth-order valence-corrected chi connectivity index (χ4v) is 2.86. The van der Waals surface area contributed by atoms with Gasteiger partial charge in [0.25, 0.3) is 5.56 Å². The summed E-state index contributed by atoms with van der Waals surface area (Å²) in [5.74, 6) is 5.87. The van der Waals surface area contributed by atoms with Crippen LogP contribution < -0.4 is 22.0 Å². The van der Waals surface area contributed by atoms with Crippen LogP contribution in [0, 0.1) is 0 Å². The van der Waals surface area contributed by atoms with Gasteiger partial charge in [-0.25, -0.2) is 4.79 Å². The van der Waals surface area contributed by atoms with E-state index >= 15 is 0 Å². The van der Waals surface area contributed by atoms with E-state index in [0.29, 0.717) is 23.7 Å². The Morgan fingerprint density at radius 1 is 1.32 bits per heavy atom. The second-order valence-electron chi connectivity index (χ2n) is 5.39. The van der Waals surface area contributed by atoms with Crippen molar-refractivity contribution in [3.63, 3.8) is 0 Å². The van der Waals surface area contributed by atoms with Gasteiger partial charge in [-0.1, -0.05) is 0 Å². The van der Waals surface area contributed by atoms with Crippen molar-refractivity contribution in [3.05, 3.63) is 20.8 Å². The lowest BCUT2D eigenvalue weighted by molar-refractivity contribution is 0.562. The third kappa shape index (κ3) is 2.28. The van der Waals surface area contributed by atoms with E-state index < -0.39 is 11.2 Å². The number of rotatable bonds is 3. The van der Waals surface area contributed by atoms with Crippen LogP contribution in [0.15, 0.2) is 14.7 Å². The number of anilines is 1. The molecule has 0 saturated carbocycles. The molecule has 1 aliphatic heterocycles. The molecule has 0 spiro atoms. The van der Waals surface area contributed by atoms with Gasteiger partial charge < -0.3 is 10.7 Å². The monoisotopic (exact) mass is 305 g/mol. The molecule has 1 aliphatic rings. The third-order valence-electron chi connectivity index (χ3n) is 4.00. The predicted octanol–water partition coefficient (Wildman–Crippen LogP) is -0.642. The molecule has 1 fully saturated rings. The SMILES string of the molecule is Cn1c(=O)[nH]c(=O)c2c1nc(N1CCCCC1)n2C/C=N\N. The highest BCUT2D eigenvalue weighted by Gasteiger charge is 2.22. The van der Waals surface area contributed by atoms with Crippen molar-refractivity contribution < 1.29 is 0 Å². The molecule has 118 valence electrons. The molecule has 1 saturated heterocycles. The van der Waals surface area contributed by atoms with Crippen molar-refractivity contribution in [2.75, 3.05) is 18.0 Å². The summed E-state index contributed by atoms with van der Waals surface area (Å²) in [5, 5.41) is 3.50. The number of H-pyrrole nitrogens is 1. The van der Waals surface area contributed by atoms with Gasteiger partial charge in [0, 0.05) is 26.4 Å². The highest BCUT2D eigenvalue weighted by atomic mass is 16.2. The van der Waals surface area contributed by atoms with Gasteiger partial charge >= 0.3 is 5.69 Å². The molecule has 0 unspecified atom stereocenters. The Labute approximate surface area is 126 Å². The van der Waals surface area contributed by atoms with Gasteiger partial charge in [0.2, 0.25) is 5.95 Å². The van der Waals surface area contributed by atoms with E-state index in [0.717, 1.165) is 25.9 Å². The van der Waals surface area contributed by atoms with Crippen LogP contribution in [0.3, 0.4) is 0 Å². The van der Waals surface area contributed by atoms with Crippen molar-refractivity contribution in [1.82, 2.24) is 19.1 Å². The molecule has 0 amide bonds. The average molecular weight is 305 g/mol. The Balaban J connectivity index is 2.25. The minimum atomic E-state index is -0.472. The Morgan fingerprint density at radius 2 is 2.05 bits per heavy atom. The summed E-state index contributed by atoms with van der Waals surface area (Å²) in [7, 11) is 1.59. The zero-order chi connectivity index (χ0) is 15.7. The summed E-state index contributed by atoms with van der Waals surface area (Å²) in [6, 6.07) is 0. The Hall–Kier alpha value is -2.58. The lowest BCUT2D eigenvalue weighted by Crippen LogP contribution is -2.32. The van der Waals surface area contributed by atoms with E-state index in [1.165, 1.54) is 17.2 Å². The smallest absolute Gasteiger partial charge is 0.329 e.